The first-order valence-corrected chi connectivity index (χ1v) is 6.33. The molecule has 4 nitrogen and oxygen atoms in total. The highest BCUT2D eigenvalue weighted by Crippen LogP contribution is 2.05. The normalized spacial score (nSPS) is 11.1. The molecule has 0 aliphatic carbocycles. The van der Waals surface area contributed by atoms with E-state index in [2.05, 4.69) is 41.4 Å². The van der Waals surface area contributed by atoms with Gasteiger partial charge in [0.25, 0.3) is 0 Å². The van der Waals surface area contributed by atoms with E-state index in [0.29, 0.717) is 18.5 Å². The minimum Gasteiger partial charge on any atom is -0.339 e. The molecule has 1 N–H and O–H groups in total. The van der Waals surface area contributed by atoms with Gasteiger partial charge in [-0.1, -0.05) is 49.3 Å². The second-order valence-electron chi connectivity index (χ2n) is 4.63. The van der Waals surface area contributed by atoms with Gasteiger partial charge in [0.1, 0.15) is 0 Å². The summed E-state index contributed by atoms with van der Waals surface area (Å²) in [6.45, 7) is 4.85. The first kappa shape index (κ1) is 12.8. The molecule has 0 aliphatic rings. The number of aromatic nitrogens is 2. The van der Waals surface area contributed by atoms with Crippen LogP contribution >= 0.6 is 0 Å². The third-order valence-electron chi connectivity index (χ3n) is 2.65. The zero-order valence-electron chi connectivity index (χ0n) is 10.9. The molecule has 0 spiro atoms. The summed E-state index contributed by atoms with van der Waals surface area (Å²) in [7, 11) is 0. The van der Waals surface area contributed by atoms with Crippen LogP contribution in [-0.2, 0) is 19.4 Å². The van der Waals surface area contributed by atoms with E-state index in [1.165, 1.54) is 5.56 Å². The van der Waals surface area contributed by atoms with Gasteiger partial charge in [-0.25, -0.2) is 0 Å². The van der Waals surface area contributed by atoms with Gasteiger partial charge < -0.3 is 9.84 Å². The van der Waals surface area contributed by atoms with Gasteiger partial charge in [0.2, 0.25) is 5.89 Å². The molecule has 0 unspecified atom stereocenters. The predicted molar refractivity (Wildman–Crippen MR) is 70.1 cm³/mol. The highest BCUT2D eigenvalue weighted by Gasteiger charge is 2.06. The molecule has 0 saturated heterocycles. The molecule has 0 atom stereocenters. The number of nitrogens with zero attached hydrogens (tertiary/aromatic N) is 2. The quantitative estimate of drug-likeness (QED) is 0.848. The first-order valence-electron chi connectivity index (χ1n) is 6.33. The molecule has 0 bridgehead atoms. The summed E-state index contributed by atoms with van der Waals surface area (Å²) in [5.41, 5.74) is 1.29. The molecular formula is C14H19N3O. The molecule has 2 rings (SSSR count). The Morgan fingerprint density at radius 2 is 1.94 bits per heavy atom. The summed E-state index contributed by atoms with van der Waals surface area (Å²) in [6.07, 6.45) is 1.72. The van der Waals surface area contributed by atoms with Gasteiger partial charge in [0.05, 0.1) is 6.54 Å². The first-order chi connectivity index (χ1) is 8.74. The number of hydrogen-bond acceptors (Lipinski definition) is 4. The van der Waals surface area contributed by atoms with Crippen molar-refractivity contribution in [3.63, 3.8) is 0 Å². The minimum absolute atomic E-state index is 0.427. The lowest BCUT2D eigenvalue weighted by molar-refractivity contribution is 0.370. The van der Waals surface area contributed by atoms with E-state index in [4.69, 9.17) is 4.52 Å². The average molecular weight is 245 g/mol. The van der Waals surface area contributed by atoms with Crippen LogP contribution in [0.2, 0.25) is 0 Å². The molecule has 4 heteroatoms. The van der Waals surface area contributed by atoms with Crippen LogP contribution in [0.4, 0.5) is 0 Å². The number of hydrogen-bond donors (Lipinski definition) is 1. The summed E-state index contributed by atoms with van der Waals surface area (Å²) < 4.78 is 5.22. The molecular weight excluding hydrogens is 226 g/mol. The Labute approximate surface area is 107 Å². The molecule has 0 saturated carbocycles. The second kappa shape index (κ2) is 6.31. The van der Waals surface area contributed by atoms with Gasteiger partial charge in [-0.2, -0.15) is 4.98 Å². The van der Waals surface area contributed by atoms with Crippen molar-refractivity contribution in [3.8, 4) is 0 Å². The Balaban J connectivity index is 1.83. The average Bonchev–Trinajstić information content (AvgIpc) is 2.83. The lowest BCUT2D eigenvalue weighted by atomic mass is 10.1. The van der Waals surface area contributed by atoms with Crippen molar-refractivity contribution in [1.82, 2.24) is 15.5 Å². The van der Waals surface area contributed by atoms with Crippen molar-refractivity contribution in [2.45, 2.75) is 39.3 Å². The fraction of sp³-hybridized carbons (Fsp3) is 0.429. The molecule has 1 aromatic heterocycles. The number of nitrogens with one attached hydrogen (secondary N) is 1. The summed E-state index contributed by atoms with van der Waals surface area (Å²) in [4.78, 5) is 4.36. The molecule has 1 heterocycles. The Morgan fingerprint density at radius 1 is 1.17 bits per heavy atom. The second-order valence-corrected chi connectivity index (χ2v) is 4.63. The Bertz CT molecular complexity index is 465. The third-order valence-corrected chi connectivity index (χ3v) is 2.65. The third kappa shape index (κ3) is 3.96. The van der Waals surface area contributed by atoms with E-state index >= 15 is 0 Å². The van der Waals surface area contributed by atoms with Crippen LogP contribution in [0.25, 0.3) is 0 Å². The molecule has 96 valence electrons. The number of aryl methyl sites for hydroxylation is 2. The fourth-order valence-corrected chi connectivity index (χ4v) is 1.65. The van der Waals surface area contributed by atoms with E-state index in [1.54, 1.807) is 0 Å². The highest BCUT2D eigenvalue weighted by molar-refractivity contribution is 5.15. The van der Waals surface area contributed by atoms with E-state index in [9.17, 15) is 0 Å². The zero-order valence-corrected chi connectivity index (χ0v) is 10.9. The predicted octanol–water partition coefficient (Wildman–Crippen LogP) is 2.35. The Kier molecular flexibility index (Phi) is 4.47. The summed E-state index contributed by atoms with van der Waals surface area (Å²) in [5.74, 6) is 1.44. The summed E-state index contributed by atoms with van der Waals surface area (Å²) >= 11 is 0. The number of benzene rings is 1. The van der Waals surface area contributed by atoms with Crippen LogP contribution in [0.1, 0.15) is 31.1 Å². The van der Waals surface area contributed by atoms with Crippen LogP contribution < -0.4 is 5.32 Å². The Hall–Kier alpha value is -1.68. The van der Waals surface area contributed by atoms with Gasteiger partial charge in [-0.3, -0.25) is 0 Å². The van der Waals surface area contributed by atoms with Gasteiger partial charge in [-0.05, 0) is 12.0 Å². The van der Waals surface area contributed by atoms with E-state index < -0.39 is 0 Å². The van der Waals surface area contributed by atoms with Crippen molar-refractivity contribution >= 4 is 0 Å². The molecule has 0 fully saturated rings. The molecule has 1 aromatic carbocycles. The molecule has 0 amide bonds. The van der Waals surface area contributed by atoms with Crippen LogP contribution in [0, 0.1) is 0 Å². The molecule has 18 heavy (non-hydrogen) atoms. The summed E-state index contributed by atoms with van der Waals surface area (Å²) in [5, 5.41) is 7.22. The van der Waals surface area contributed by atoms with Crippen molar-refractivity contribution in [3.05, 3.63) is 47.6 Å². The molecule has 2 aromatic rings. The standard InChI is InChI=1S/C14H19N3O/c1-11(2)15-10-13-16-14(18-17-13)9-8-12-6-4-3-5-7-12/h3-7,11,15H,8-10H2,1-2H3. The van der Waals surface area contributed by atoms with Crippen LogP contribution in [0.3, 0.4) is 0 Å². The lowest BCUT2D eigenvalue weighted by Gasteiger charge is -2.03. The monoisotopic (exact) mass is 245 g/mol. The van der Waals surface area contributed by atoms with Crippen LogP contribution in [-0.4, -0.2) is 16.2 Å². The smallest absolute Gasteiger partial charge is 0.227 e. The van der Waals surface area contributed by atoms with E-state index in [0.717, 1.165) is 18.7 Å². The van der Waals surface area contributed by atoms with Crippen LogP contribution in [0.15, 0.2) is 34.9 Å². The van der Waals surface area contributed by atoms with Gasteiger partial charge in [0, 0.05) is 12.5 Å². The maximum atomic E-state index is 5.22. The maximum Gasteiger partial charge on any atom is 0.227 e. The number of rotatable bonds is 6. The maximum absolute atomic E-state index is 5.22. The largest absolute Gasteiger partial charge is 0.339 e. The van der Waals surface area contributed by atoms with Crippen LogP contribution in [0.5, 0.6) is 0 Å². The molecule has 0 aliphatic heterocycles. The van der Waals surface area contributed by atoms with Gasteiger partial charge in [-0.15, -0.1) is 0 Å². The Morgan fingerprint density at radius 3 is 2.67 bits per heavy atom. The van der Waals surface area contributed by atoms with Crippen molar-refractivity contribution in [1.29, 1.82) is 0 Å². The van der Waals surface area contributed by atoms with Gasteiger partial charge >= 0.3 is 0 Å². The fourth-order valence-electron chi connectivity index (χ4n) is 1.65. The summed E-state index contributed by atoms with van der Waals surface area (Å²) in [6, 6.07) is 10.7. The minimum atomic E-state index is 0.427. The topological polar surface area (TPSA) is 51.0 Å². The van der Waals surface area contributed by atoms with Crippen molar-refractivity contribution < 1.29 is 4.52 Å². The van der Waals surface area contributed by atoms with Crippen molar-refractivity contribution in [2.75, 3.05) is 0 Å². The van der Waals surface area contributed by atoms with E-state index in [1.807, 2.05) is 18.2 Å². The zero-order chi connectivity index (χ0) is 12.8. The van der Waals surface area contributed by atoms with E-state index in [-0.39, 0.29) is 0 Å². The molecule has 0 radical (unpaired) electrons. The van der Waals surface area contributed by atoms with Crippen molar-refractivity contribution in [2.24, 2.45) is 0 Å². The van der Waals surface area contributed by atoms with Gasteiger partial charge in [0.15, 0.2) is 5.82 Å². The SMILES string of the molecule is CC(C)NCc1noc(CCc2ccccc2)n1. The highest BCUT2D eigenvalue weighted by atomic mass is 16.5. The lowest BCUT2D eigenvalue weighted by Crippen LogP contribution is -2.22.